The third-order valence-corrected chi connectivity index (χ3v) is 0.666. The van der Waals surface area contributed by atoms with E-state index in [1.807, 2.05) is 5.48 Å². The molecule has 5 heteroatoms. The Labute approximate surface area is 48.0 Å². The van der Waals surface area contributed by atoms with E-state index in [1.54, 1.807) is 0 Å². The van der Waals surface area contributed by atoms with Gasteiger partial charge in [-0.15, -0.1) is 0 Å². The monoisotopic (exact) mass is 136 g/mol. The summed E-state index contributed by atoms with van der Waals surface area (Å²) >= 11 is 0. The van der Waals surface area contributed by atoms with Gasteiger partial charge < -0.3 is 0 Å². The molecule has 0 aromatic carbocycles. The topological polar surface area (TPSA) is 55.4 Å². The van der Waals surface area contributed by atoms with E-state index >= 15 is 0 Å². The van der Waals surface area contributed by atoms with Gasteiger partial charge in [-0.25, -0.2) is 0 Å². The number of carbonyl (C=O) groups excluding carboxylic acids is 1. The molecule has 0 aliphatic carbocycles. The minimum absolute atomic E-state index is 0.352. The van der Waals surface area contributed by atoms with Crippen molar-refractivity contribution in [3.8, 4) is 0 Å². The molecule has 46 valence electrons. The van der Waals surface area contributed by atoms with Crippen LogP contribution in [0, 0.1) is 0 Å². The summed E-state index contributed by atoms with van der Waals surface area (Å²) in [6, 6.07) is 0. The van der Waals surface area contributed by atoms with Crippen LogP contribution in [-0.4, -0.2) is 12.6 Å². The van der Waals surface area contributed by atoms with E-state index in [4.69, 9.17) is 0 Å². The molecule has 0 bridgehead atoms. The SMILES string of the molecule is CC(=O)NO[P+](C)=O. The summed E-state index contributed by atoms with van der Waals surface area (Å²) < 4.78 is 14.3. The summed E-state index contributed by atoms with van der Waals surface area (Å²) in [6.07, 6.45) is 0. The smallest absolute Gasteiger partial charge is 0.273 e. The molecule has 0 radical (unpaired) electrons. The zero-order chi connectivity index (χ0) is 6.57. The minimum atomic E-state index is -1.71. The Morgan fingerprint density at radius 1 is 1.75 bits per heavy atom. The van der Waals surface area contributed by atoms with Crippen LogP contribution < -0.4 is 5.48 Å². The summed E-state index contributed by atoms with van der Waals surface area (Å²) in [7, 11) is -1.71. The minimum Gasteiger partial charge on any atom is -0.273 e. The number of nitrogens with one attached hydrogen (secondary N) is 1. The van der Waals surface area contributed by atoms with Gasteiger partial charge in [-0.2, -0.15) is 5.48 Å². The largest absolute Gasteiger partial charge is 0.528 e. The van der Waals surface area contributed by atoms with Gasteiger partial charge in [-0.3, -0.25) is 4.79 Å². The molecule has 0 saturated carbocycles. The van der Waals surface area contributed by atoms with Crippen LogP contribution in [0.4, 0.5) is 0 Å². The first-order valence-corrected chi connectivity index (χ1v) is 3.60. The highest BCUT2D eigenvalue weighted by Gasteiger charge is 2.06. The van der Waals surface area contributed by atoms with E-state index in [0.717, 1.165) is 0 Å². The van der Waals surface area contributed by atoms with E-state index in [1.165, 1.54) is 13.6 Å². The molecule has 0 aromatic rings. The standard InChI is InChI=1S/C3H6NO3P/c1-3(5)4-7-8(2)6/h1-2H3/p+1. The molecule has 8 heavy (non-hydrogen) atoms. The Bertz CT molecular complexity index is 99.1. The highest BCUT2D eigenvalue weighted by Crippen LogP contribution is 2.10. The van der Waals surface area contributed by atoms with Gasteiger partial charge in [0.05, 0.1) is 0 Å². The van der Waals surface area contributed by atoms with Gasteiger partial charge in [-0.05, 0) is 9.19 Å². The fraction of sp³-hybridized carbons (Fsp3) is 0.667. The first kappa shape index (κ1) is 7.53. The highest BCUT2D eigenvalue weighted by atomic mass is 31.1. The molecule has 1 atom stereocenters. The molecule has 1 unspecified atom stereocenters. The van der Waals surface area contributed by atoms with Crippen molar-refractivity contribution >= 4 is 13.9 Å². The van der Waals surface area contributed by atoms with Crippen molar-refractivity contribution < 1.29 is 14.0 Å². The third-order valence-electron chi connectivity index (χ3n) is 0.318. The molecule has 0 fully saturated rings. The molecule has 0 heterocycles. The molecule has 0 aliphatic heterocycles. The van der Waals surface area contributed by atoms with Crippen molar-refractivity contribution in [2.45, 2.75) is 6.92 Å². The maximum Gasteiger partial charge on any atom is 0.528 e. The Kier molecular flexibility index (Phi) is 3.31. The van der Waals surface area contributed by atoms with E-state index in [0.29, 0.717) is 0 Å². The Morgan fingerprint density at radius 3 is 2.38 bits per heavy atom. The molecule has 0 rings (SSSR count). The molecular formula is C3H7NO3P+. The first-order valence-electron chi connectivity index (χ1n) is 1.97. The summed E-state index contributed by atoms with van der Waals surface area (Å²) in [5.74, 6) is -0.352. The predicted molar refractivity (Wildman–Crippen MR) is 28.4 cm³/mol. The first-order chi connectivity index (χ1) is 3.63. The van der Waals surface area contributed by atoms with E-state index in [2.05, 4.69) is 4.62 Å². The summed E-state index contributed by atoms with van der Waals surface area (Å²) in [5.41, 5.74) is 1.92. The second-order valence-electron chi connectivity index (χ2n) is 1.19. The summed E-state index contributed by atoms with van der Waals surface area (Å²) in [6.45, 7) is 2.63. The average molecular weight is 136 g/mol. The number of hydrogen-bond acceptors (Lipinski definition) is 3. The van der Waals surface area contributed by atoms with Gasteiger partial charge in [-0.1, -0.05) is 0 Å². The molecule has 0 saturated heterocycles. The average Bonchev–Trinajstić information content (AvgIpc) is 1.61. The highest BCUT2D eigenvalue weighted by molar-refractivity contribution is 7.38. The van der Waals surface area contributed by atoms with Gasteiger partial charge in [0.2, 0.25) is 5.91 Å². The third kappa shape index (κ3) is 5.53. The van der Waals surface area contributed by atoms with Crippen molar-refractivity contribution in [1.82, 2.24) is 5.48 Å². The van der Waals surface area contributed by atoms with Crippen LogP contribution in [-0.2, 0) is 14.0 Å². The number of carbonyl (C=O) groups is 1. The normalized spacial score (nSPS) is 10.5. The molecule has 0 aliphatic rings. The number of rotatable bonds is 2. The van der Waals surface area contributed by atoms with Gasteiger partial charge in [0.25, 0.3) is 0 Å². The lowest BCUT2D eigenvalue weighted by atomic mass is 10.8. The van der Waals surface area contributed by atoms with Crippen molar-refractivity contribution in [2.24, 2.45) is 0 Å². The van der Waals surface area contributed by atoms with Gasteiger partial charge in [0, 0.05) is 6.92 Å². The number of amides is 1. The molecular weight excluding hydrogens is 129 g/mol. The van der Waals surface area contributed by atoms with E-state index < -0.39 is 8.03 Å². The zero-order valence-electron chi connectivity index (χ0n) is 4.67. The van der Waals surface area contributed by atoms with Crippen LogP contribution in [0.25, 0.3) is 0 Å². The zero-order valence-corrected chi connectivity index (χ0v) is 5.57. The Balaban J connectivity index is 3.18. The fourth-order valence-corrected chi connectivity index (χ4v) is 0.386. The van der Waals surface area contributed by atoms with Gasteiger partial charge in [0.15, 0.2) is 6.66 Å². The van der Waals surface area contributed by atoms with Crippen LogP contribution in [0.2, 0.25) is 0 Å². The van der Waals surface area contributed by atoms with Crippen LogP contribution in [0.5, 0.6) is 0 Å². The maximum atomic E-state index is 10.1. The quantitative estimate of drug-likeness (QED) is 0.442. The lowest BCUT2D eigenvalue weighted by molar-refractivity contribution is -0.125. The van der Waals surface area contributed by atoms with Crippen molar-refractivity contribution in [2.75, 3.05) is 6.66 Å². The van der Waals surface area contributed by atoms with E-state index in [-0.39, 0.29) is 5.91 Å². The van der Waals surface area contributed by atoms with Crippen molar-refractivity contribution in [3.05, 3.63) is 0 Å². The molecule has 0 spiro atoms. The summed E-state index contributed by atoms with van der Waals surface area (Å²) in [5, 5.41) is 0. The van der Waals surface area contributed by atoms with Crippen LogP contribution in [0.1, 0.15) is 6.92 Å². The maximum absolute atomic E-state index is 10.1. The molecule has 1 amide bonds. The second kappa shape index (κ2) is 3.52. The molecule has 4 nitrogen and oxygen atoms in total. The van der Waals surface area contributed by atoms with Gasteiger partial charge >= 0.3 is 8.03 Å². The summed E-state index contributed by atoms with van der Waals surface area (Å²) in [4.78, 5) is 9.98. The Hall–Kier alpha value is -0.470. The lowest BCUT2D eigenvalue weighted by Gasteiger charge is -1.84. The molecule has 0 aromatic heterocycles. The number of hydrogen-bond donors (Lipinski definition) is 1. The fourth-order valence-electron chi connectivity index (χ4n) is 0.129. The number of hydroxylamine groups is 1. The van der Waals surface area contributed by atoms with Crippen molar-refractivity contribution in [1.29, 1.82) is 0 Å². The second-order valence-corrected chi connectivity index (χ2v) is 2.25. The lowest BCUT2D eigenvalue weighted by Crippen LogP contribution is -2.15. The van der Waals surface area contributed by atoms with Crippen LogP contribution in [0.3, 0.4) is 0 Å². The van der Waals surface area contributed by atoms with Crippen LogP contribution in [0.15, 0.2) is 0 Å². The van der Waals surface area contributed by atoms with Gasteiger partial charge in [0.1, 0.15) is 0 Å². The van der Waals surface area contributed by atoms with E-state index in [9.17, 15) is 9.36 Å². The Morgan fingerprint density at radius 2 is 2.25 bits per heavy atom. The van der Waals surface area contributed by atoms with Crippen LogP contribution >= 0.6 is 8.03 Å². The predicted octanol–water partition coefficient (Wildman–Crippen LogP) is 0.426. The van der Waals surface area contributed by atoms with Crippen molar-refractivity contribution in [3.63, 3.8) is 0 Å². The molecule has 1 N–H and O–H groups in total.